The molecule has 0 aliphatic heterocycles. The summed E-state index contributed by atoms with van der Waals surface area (Å²) in [7, 11) is -1.05. The summed E-state index contributed by atoms with van der Waals surface area (Å²) in [5, 5.41) is 3.76. The first-order chi connectivity index (χ1) is 12.6. The van der Waals surface area contributed by atoms with Gasteiger partial charge in [-0.15, -0.1) is 0 Å². The minimum Gasteiger partial charge on any atom is -0.451 e. The van der Waals surface area contributed by atoms with Gasteiger partial charge >= 0.3 is 0 Å². The van der Waals surface area contributed by atoms with Gasteiger partial charge in [0.25, 0.3) is 5.91 Å². The van der Waals surface area contributed by atoms with Gasteiger partial charge in [0.15, 0.2) is 5.76 Å². The molecule has 1 atom stereocenters. The molecule has 0 unspecified atom stereocenters. The Labute approximate surface area is 159 Å². The molecule has 1 heterocycles. The van der Waals surface area contributed by atoms with Gasteiger partial charge in [-0.1, -0.05) is 48.5 Å². The van der Waals surface area contributed by atoms with Gasteiger partial charge in [-0.25, -0.2) is 0 Å². The van der Waals surface area contributed by atoms with Crippen molar-refractivity contribution in [3.63, 3.8) is 0 Å². The number of hydrogen-bond acceptors (Lipinski definition) is 4. The van der Waals surface area contributed by atoms with Crippen molar-refractivity contribution in [3.05, 3.63) is 71.5 Å². The number of carbonyl (C=O) groups excluding carboxylic acids is 1. The van der Waals surface area contributed by atoms with E-state index in [2.05, 4.69) is 17.4 Å². The third kappa shape index (κ3) is 4.77. The van der Waals surface area contributed by atoms with Crippen molar-refractivity contribution in [3.8, 4) is 0 Å². The Morgan fingerprint density at radius 3 is 2.62 bits per heavy atom. The van der Waals surface area contributed by atoms with E-state index in [1.807, 2.05) is 42.5 Å². The first-order valence-electron chi connectivity index (χ1n) is 8.35. The number of para-hydroxylation sites is 1. The fourth-order valence-electron chi connectivity index (χ4n) is 2.71. The fourth-order valence-corrected chi connectivity index (χ4v) is 4.22. The van der Waals surface area contributed by atoms with Crippen LogP contribution >= 0.6 is 11.8 Å². The van der Waals surface area contributed by atoms with E-state index in [-0.39, 0.29) is 11.7 Å². The molecule has 2 aromatic carbocycles. The summed E-state index contributed by atoms with van der Waals surface area (Å²) < 4.78 is 17.4. The minimum absolute atomic E-state index is 0.248. The molecular weight excluding hydrogens is 366 g/mol. The summed E-state index contributed by atoms with van der Waals surface area (Å²) in [4.78, 5) is 12.5. The SMILES string of the molecule is C[S@@](=O)Cc1c(C(=O)NCCSCc2ccccc2)oc2ccccc12. The molecule has 6 heteroatoms. The number of carbonyl (C=O) groups is 1. The third-order valence-corrected chi connectivity index (χ3v) is 5.62. The normalized spacial score (nSPS) is 12.2. The molecule has 26 heavy (non-hydrogen) atoms. The smallest absolute Gasteiger partial charge is 0.287 e. The Bertz CT molecular complexity index is 906. The number of rotatable bonds is 8. The molecule has 136 valence electrons. The summed E-state index contributed by atoms with van der Waals surface area (Å²) in [6.45, 7) is 0.558. The van der Waals surface area contributed by atoms with E-state index in [1.165, 1.54) is 5.56 Å². The van der Waals surface area contributed by atoms with E-state index in [4.69, 9.17) is 4.42 Å². The molecule has 3 rings (SSSR count). The maximum atomic E-state index is 12.5. The highest BCUT2D eigenvalue weighted by molar-refractivity contribution is 7.98. The molecule has 0 spiro atoms. The molecule has 1 aromatic heterocycles. The molecule has 0 radical (unpaired) electrons. The summed E-state index contributed by atoms with van der Waals surface area (Å²) in [5.74, 6) is 2.07. The Kier molecular flexibility index (Phi) is 6.52. The van der Waals surface area contributed by atoms with Crippen molar-refractivity contribution in [1.29, 1.82) is 0 Å². The van der Waals surface area contributed by atoms with Crippen molar-refractivity contribution in [2.75, 3.05) is 18.6 Å². The lowest BCUT2D eigenvalue weighted by atomic mass is 10.1. The minimum atomic E-state index is -1.05. The Morgan fingerprint density at radius 2 is 1.85 bits per heavy atom. The van der Waals surface area contributed by atoms with Crippen molar-refractivity contribution in [2.45, 2.75) is 11.5 Å². The number of benzene rings is 2. The lowest BCUT2D eigenvalue weighted by molar-refractivity contribution is 0.0930. The van der Waals surface area contributed by atoms with Gasteiger partial charge in [0.2, 0.25) is 0 Å². The van der Waals surface area contributed by atoms with Gasteiger partial charge in [0.05, 0.1) is 5.75 Å². The van der Waals surface area contributed by atoms with Gasteiger partial charge < -0.3 is 9.73 Å². The third-order valence-electron chi connectivity index (χ3n) is 3.90. The van der Waals surface area contributed by atoms with Crippen LogP contribution in [0.5, 0.6) is 0 Å². The zero-order chi connectivity index (χ0) is 18.4. The highest BCUT2D eigenvalue weighted by Gasteiger charge is 2.20. The molecule has 0 fully saturated rings. The molecule has 0 aliphatic rings. The maximum absolute atomic E-state index is 12.5. The predicted molar refractivity (Wildman–Crippen MR) is 109 cm³/mol. The number of furan rings is 1. The quantitative estimate of drug-likeness (QED) is 0.594. The number of amides is 1. The monoisotopic (exact) mass is 387 g/mol. The van der Waals surface area contributed by atoms with E-state index >= 15 is 0 Å². The van der Waals surface area contributed by atoms with Crippen molar-refractivity contribution >= 4 is 39.4 Å². The number of thioether (sulfide) groups is 1. The molecular formula is C20H21NO3S2. The van der Waals surface area contributed by atoms with Crippen LogP contribution in [0.1, 0.15) is 21.7 Å². The van der Waals surface area contributed by atoms with E-state index in [0.717, 1.165) is 22.5 Å². The van der Waals surface area contributed by atoms with E-state index in [1.54, 1.807) is 18.0 Å². The molecule has 0 bridgehead atoms. The zero-order valence-electron chi connectivity index (χ0n) is 14.6. The van der Waals surface area contributed by atoms with Crippen LogP contribution in [0.3, 0.4) is 0 Å². The van der Waals surface area contributed by atoms with Crippen LogP contribution in [-0.4, -0.2) is 28.7 Å². The van der Waals surface area contributed by atoms with Crippen molar-refractivity contribution < 1.29 is 13.4 Å². The number of fused-ring (bicyclic) bond motifs is 1. The molecule has 3 aromatic rings. The van der Waals surface area contributed by atoms with Gasteiger partial charge in [-0.3, -0.25) is 9.00 Å². The Balaban J connectivity index is 1.59. The lowest BCUT2D eigenvalue weighted by Crippen LogP contribution is -2.26. The van der Waals surface area contributed by atoms with Gasteiger partial charge in [-0.05, 0) is 11.6 Å². The summed E-state index contributed by atoms with van der Waals surface area (Å²) >= 11 is 1.77. The van der Waals surface area contributed by atoms with Crippen LogP contribution < -0.4 is 5.32 Å². The average Bonchev–Trinajstić information content (AvgIpc) is 3.00. The molecule has 0 saturated carbocycles. The van der Waals surface area contributed by atoms with Gasteiger partial charge in [0.1, 0.15) is 5.58 Å². The second kappa shape index (κ2) is 9.05. The van der Waals surface area contributed by atoms with E-state index in [0.29, 0.717) is 17.9 Å². The van der Waals surface area contributed by atoms with Crippen LogP contribution in [0.4, 0.5) is 0 Å². The summed E-state index contributed by atoms with van der Waals surface area (Å²) in [6, 6.07) is 17.7. The zero-order valence-corrected chi connectivity index (χ0v) is 16.2. The Hall–Kier alpha value is -2.05. The average molecular weight is 388 g/mol. The standard InChI is InChI=1S/C20H21NO3S2/c1-26(23)14-17-16-9-5-6-10-18(16)24-19(17)20(22)21-11-12-25-13-15-7-3-2-4-8-15/h2-10H,11-14H2,1H3,(H,21,22)/t26-/m1/s1. The predicted octanol–water partition coefficient (Wildman–Crippen LogP) is 3.97. The molecule has 4 nitrogen and oxygen atoms in total. The van der Waals surface area contributed by atoms with Crippen LogP contribution in [0.2, 0.25) is 0 Å². The van der Waals surface area contributed by atoms with E-state index < -0.39 is 10.8 Å². The second-order valence-electron chi connectivity index (χ2n) is 5.92. The van der Waals surface area contributed by atoms with Crippen molar-refractivity contribution in [1.82, 2.24) is 5.32 Å². The van der Waals surface area contributed by atoms with Crippen LogP contribution in [0.25, 0.3) is 11.0 Å². The topological polar surface area (TPSA) is 59.3 Å². The van der Waals surface area contributed by atoms with Crippen LogP contribution in [0.15, 0.2) is 59.0 Å². The van der Waals surface area contributed by atoms with Gasteiger partial charge in [0, 0.05) is 46.1 Å². The fraction of sp³-hybridized carbons (Fsp3) is 0.250. The highest BCUT2D eigenvalue weighted by atomic mass is 32.2. The highest BCUT2D eigenvalue weighted by Crippen LogP contribution is 2.27. The maximum Gasteiger partial charge on any atom is 0.287 e. The first kappa shape index (κ1) is 18.7. The van der Waals surface area contributed by atoms with Crippen molar-refractivity contribution in [2.24, 2.45) is 0 Å². The summed E-state index contributed by atoms with van der Waals surface area (Å²) in [5.41, 5.74) is 2.64. The first-order valence-corrected chi connectivity index (χ1v) is 11.2. The largest absolute Gasteiger partial charge is 0.451 e. The number of hydrogen-bond donors (Lipinski definition) is 1. The Morgan fingerprint density at radius 1 is 1.12 bits per heavy atom. The summed E-state index contributed by atoms with van der Waals surface area (Å²) in [6.07, 6.45) is 1.63. The molecule has 1 amide bonds. The lowest BCUT2D eigenvalue weighted by Gasteiger charge is -2.05. The molecule has 1 N–H and O–H groups in total. The van der Waals surface area contributed by atoms with E-state index in [9.17, 15) is 9.00 Å². The number of nitrogens with one attached hydrogen (secondary N) is 1. The molecule has 0 aliphatic carbocycles. The second-order valence-corrected chi connectivity index (χ2v) is 8.46. The molecule has 0 saturated heterocycles. The van der Waals surface area contributed by atoms with Gasteiger partial charge in [-0.2, -0.15) is 11.8 Å². The van der Waals surface area contributed by atoms with Crippen LogP contribution in [0, 0.1) is 0 Å². The van der Waals surface area contributed by atoms with Crippen LogP contribution in [-0.2, 0) is 22.3 Å².